The van der Waals surface area contributed by atoms with Gasteiger partial charge in [0, 0.05) is 44.7 Å². The minimum atomic E-state index is -0.382. The van der Waals surface area contributed by atoms with Crippen molar-refractivity contribution < 1.29 is 9.59 Å². The van der Waals surface area contributed by atoms with E-state index in [4.69, 9.17) is 6.42 Å². The zero-order valence-electron chi connectivity index (χ0n) is 12.0. The van der Waals surface area contributed by atoms with Crippen LogP contribution in [0.4, 0.5) is 0 Å². The number of carbonyl (C=O) groups excluding carboxylic acids is 2. The molecule has 1 saturated carbocycles. The molecule has 0 spiro atoms. The highest BCUT2D eigenvalue weighted by Crippen LogP contribution is 2.37. The Balaban J connectivity index is 1.32. The molecule has 6 heteroatoms. The van der Waals surface area contributed by atoms with Gasteiger partial charge in [0.25, 0.3) is 0 Å². The predicted octanol–water partition coefficient (Wildman–Crippen LogP) is 1.08. The molecule has 21 heavy (non-hydrogen) atoms. The molecular weight excluding hydrogens is 268 g/mol. The van der Waals surface area contributed by atoms with Crippen LogP contribution in [-0.2, 0) is 9.59 Å². The average Bonchev–Trinajstić information content (AvgIpc) is 3.31. The Labute approximate surface area is 124 Å². The second kappa shape index (κ2) is 5.47. The third-order valence-electron chi connectivity index (χ3n) is 4.32. The van der Waals surface area contributed by atoms with Crippen LogP contribution in [-0.4, -0.2) is 41.5 Å². The van der Waals surface area contributed by atoms with Gasteiger partial charge in [-0.3, -0.25) is 9.59 Å². The molecular formula is C15H20N4O2. The van der Waals surface area contributed by atoms with E-state index in [0.717, 1.165) is 19.3 Å². The minimum Gasteiger partial charge on any atom is -0.350 e. The van der Waals surface area contributed by atoms with Gasteiger partial charge >= 0.3 is 0 Å². The van der Waals surface area contributed by atoms with E-state index >= 15 is 0 Å². The highest BCUT2D eigenvalue weighted by Gasteiger charge is 2.41. The lowest BCUT2D eigenvalue weighted by Gasteiger charge is -2.39. The van der Waals surface area contributed by atoms with Gasteiger partial charge in [0.2, 0.25) is 11.8 Å². The Morgan fingerprint density at radius 1 is 1.29 bits per heavy atom. The zero-order chi connectivity index (χ0) is 14.9. The molecule has 0 atom stereocenters. The van der Waals surface area contributed by atoms with Gasteiger partial charge in [0.05, 0.1) is 6.04 Å². The number of rotatable bonds is 7. The normalized spacial score (nSPS) is 22.3. The monoisotopic (exact) mass is 288 g/mol. The summed E-state index contributed by atoms with van der Waals surface area (Å²) in [5.74, 6) is 3.07. The van der Waals surface area contributed by atoms with Gasteiger partial charge in [-0.25, -0.2) is 0 Å². The molecule has 0 aromatic rings. The number of nitrogens with zero attached hydrogens (tertiary/aromatic N) is 3. The molecule has 3 rings (SSSR count). The first-order valence-corrected chi connectivity index (χ1v) is 7.57. The molecule has 1 saturated heterocycles. The third kappa shape index (κ3) is 3.41. The van der Waals surface area contributed by atoms with Crippen LogP contribution in [0.15, 0.2) is 10.2 Å². The topological polar surface area (TPSA) is 74.1 Å². The molecule has 0 bridgehead atoms. The van der Waals surface area contributed by atoms with E-state index in [1.165, 1.54) is 0 Å². The lowest BCUT2D eigenvalue weighted by atomic mass is 10.0. The quantitative estimate of drug-likeness (QED) is 0.712. The number of hydrogen-bond acceptors (Lipinski definition) is 4. The van der Waals surface area contributed by atoms with Crippen LogP contribution in [0.5, 0.6) is 0 Å². The fourth-order valence-corrected chi connectivity index (χ4v) is 2.57. The van der Waals surface area contributed by atoms with Crippen molar-refractivity contribution in [1.29, 1.82) is 0 Å². The number of hydrogen-bond donors (Lipinski definition) is 1. The van der Waals surface area contributed by atoms with E-state index in [2.05, 4.69) is 21.5 Å². The summed E-state index contributed by atoms with van der Waals surface area (Å²) in [4.78, 5) is 25.4. The van der Waals surface area contributed by atoms with E-state index in [1.807, 2.05) is 0 Å². The van der Waals surface area contributed by atoms with Crippen molar-refractivity contribution in [3.63, 3.8) is 0 Å². The van der Waals surface area contributed by atoms with E-state index < -0.39 is 0 Å². The first kappa shape index (κ1) is 14.1. The smallest absolute Gasteiger partial charge is 0.223 e. The van der Waals surface area contributed by atoms with Crippen molar-refractivity contribution in [3.8, 4) is 12.3 Å². The molecule has 0 unspecified atom stereocenters. The highest BCUT2D eigenvalue weighted by atomic mass is 16.2. The fraction of sp³-hybridized carbons (Fsp3) is 0.733. The number of amides is 2. The van der Waals surface area contributed by atoms with Gasteiger partial charge in [-0.15, -0.1) is 12.3 Å². The molecule has 3 aliphatic rings. The molecule has 0 aromatic heterocycles. The summed E-state index contributed by atoms with van der Waals surface area (Å²) in [6, 6.07) is 0.132. The number of likely N-dealkylation sites (tertiary alicyclic amines) is 1. The summed E-state index contributed by atoms with van der Waals surface area (Å²) >= 11 is 0. The van der Waals surface area contributed by atoms with Gasteiger partial charge in [-0.2, -0.15) is 10.2 Å². The molecule has 2 aliphatic heterocycles. The standard InChI is InChI=1S/C15H20N4O2/c1-2-3-7-15(17-18-15)8-6-13(20)19-9-12(10-19)16-14(21)11-4-5-11/h1,11-12H,3-10H2,(H,16,21). The Kier molecular flexibility index (Phi) is 3.66. The molecule has 0 aromatic carbocycles. The van der Waals surface area contributed by atoms with Crippen molar-refractivity contribution in [2.24, 2.45) is 16.1 Å². The van der Waals surface area contributed by atoms with Gasteiger partial charge in [-0.05, 0) is 12.8 Å². The van der Waals surface area contributed by atoms with Crippen LogP contribution in [0.25, 0.3) is 0 Å². The maximum absolute atomic E-state index is 12.0. The maximum atomic E-state index is 12.0. The molecule has 1 aliphatic carbocycles. The second-order valence-corrected chi connectivity index (χ2v) is 6.17. The van der Waals surface area contributed by atoms with Crippen LogP contribution < -0.4 is 5.32 Å². The number of carbonyl (C=O) groups is 2. The van der Waals surface area contributed by atoms with E-state index in [1.54, 1.807) is 4.90 Å². The third-order valence-corrected chi connectivity index (χ3v) is 4.32. The maximum Gasteiger partial charge on any atom is 0.223 e. The summed E-state index contributed by atoms with van der Waals surface area (Å²) < 4.78 is 0. The van der Waals surface area contributed by atoms with E-state index in [-0.39, 0.29) is 29.4 Å². The SMILES string of the molecule is C#CCCC1(CCC(=O)N2CC(NC(=O)C3CC3)C2)N=N1. The lowest BCUT2D eigenvalue weighted by molar-refractivity contribution is -0.138. The summed E-state index contributed by atoms with van der Waals surface area (Å²) in [6.45, 7) is 1.26. The zero-order valence-corrected chi connectivity index (χ0v) is 12.0. The number of terminal acetylenes is 1. The Morgan fingerprint density at radius 3 is 2.57 bits per heavy atom. The number of nitrogens with one attached hydrogen (secondary N) is 1. The fourth-order valence-electron chi connectivity index (χ4n) is 2.57. The van der Waals surface area contributed by atoms with Gasteiger partial charge < -0.3 is 10.2 Å². The van der Waals surface area contributed by atoms with E-state index in [9.17, 15) is 9.59 Å². The van der Waals surface area contributed by atoms with Crippen LogP contribution in [0.3, 0.4) is 0 Å². The van der Waals surface area contributed by atoms with Crippen molar-refractivity contribution in [2.45, 2.75) is 50.2 Å². The van der Waals surface area contributed by atoms with E-state index in [0.29, 0.717) is 32.4 Å². The van der Waals surface area contributed by atoms with Crippen LogP contribution in [0, 0.1) is 18.3 Å². The molecule has 2 heterocycles. The van der Waals surface area contributed by atoms with Crippen molar-refractivity contribution in [3.05, 3.63) is 0 Å². The second-order valence-electron chi connectivity index (χ2n) is 6.17. The summed E-state index contributed by atoms with van der Waals surface area (Å²) in [6.07, 6.45) is 9.71. The highest BCUT2D eigenvalue weighted by molar-refractivity contribution is 5.82. The van der Waals surface area contributed by atoms with Gasteiger partial charge in [0.15, 0.2) is 5.66 Å². The van der Waals surface area contributed by atoms with Crippen molar-refractivity contribution in [2.75, 3.05) is 13.1 Å². The Morgan fingerprint density at radius 2 is 2.00 bits per heavy atom. The van der Waals surface area contributed by atoms with Crippen LogP contribution in [0.2, 0.25) is 0 Å². The predicted molar refractivity (Wildman–Crippen MR) is 76.1 cm³/mol. The summed E-state index contributed by atoms with van der Waals surface area (Å²) in [7, 11) is 0. The van der Waals surface area contributed by atoms with Crippen LogP contribution >= 0.6 is 0 Å². The molecule has 2 amide bonds. The molecule has 6 nitrogen and oxygen atoms in total. The summed E-state index contributed by atoms with van der Waals surface area (Å²) in [5, 5.41) is 11.0. The minimum absolute atomic E-state index is 0.115. The van der Waals surface area contributed by atoms with Crippen molar-refractivity contribution in [1.82, 2.24) is 10.2 Å². The first-order valence-electron chi connectivity index (χ1n) is 7.57. The largest absolute Gasteiger partial charge is 0.350 e. The molecule has 2 fully saturated rings. The Hall–Kier alpha value is -1.90. The first-order chi connectivity index (χ1) is 10.1. The van der Waals surface area contributed by atoms with Crippen molar-refractivity contribution >= 4 is 11.8 Å². The molecule has 112 valence electrons. The van der Waals surface area contributed by atoms with Gasteiger partial charge in [0.1, 0.15) is 0 Å². The van der Waals surface area contributed by atoms with Gasteiger partial charge in [-0.1, -0.05) is 0 Å². The lowest BCUT2D eigenvalue weighted by Crippen LogP contribution is -2.61. The van der Waals surface area contributed by atoms with Crippen LogP contribution in [0.1, 0.15) is 38.5 Å². The molecule has 0 radical (unpaired) electrons. The summed E-state index contributed by atoms with van der Waals surface area (Å²) in [5.41, 5.74) is -0.382. The average molecular weight is 288 g/mol. The molecule has 1 N–H and O–H groups in total. The Bertz CT molecular complexity index is 506.